The number of aryl methyl sites for hydroxylation is 1. The van der Waals surface area contributed by atoms with Gasteiger partial charge >= 0.3 is 0 Å². The number of benzene rings is 1. The quantitative estimate of drug-likeness (QED) is 0.781. The lowest BCUT2D eigenvalue weighted by atomic mass is 9.92. The van der Waals surface area contributed by atoms with E-state index in [1.165, 1.54) is 23.4 Å². The topological polar surface area (TPSA) is 25.8 Å². The number of fused-ring (bicyclic) bond motifs is 3. The van der Waals surface area contributed by atoms with Crippen molar-refractivity contribution in [2.75, 3.05) is 0 Å². The number of aromatic nitrogens is 2. The summed E-state index contributed by atoms with van der Waals surface area (Å²) >= 11 is 7.50. The van der Waals surface area contributed by atoms with Crippen LogP contribution in [0.4, 0.5) is 0 Å². The number of alkyl halides is 1. The summed E-state index contributed by atoms with van der Waals surface area (Å²) in [7, 11) is 0. The van der Waals surface area contributed by atoms with Crippen LogP contribution in [0.1, 0.15) is 39.4 Å². The first-order valence-corrected chi connectivity index (χ1v) is 7.69. The summed E-state index contributed by atoms with van der Waals surface area (Å²) in [5, 5.41) is 10.6. The van der Waals surface area contributed by atoms with Gasteiger partial charge in [-0.25, -0.2) is 0 Å². The highest BCUT2D eigenvalue weighted by atomic mass is 35.5. The van der Waals surface area contributed by atoms with E-state index in [-0.39, 0.29) is 0 Å². The van der Waals surface area contributed by atoms with Crippen molar-refractivity contribution in [1.82, 2.24) is 10.2 Å². The highest BCUT2D eigenvalue weighted by Gasteiger charge is 2.55. The van der Waals surface area contributed by atoms with Crippen LogP contribution in [0.2, 0.25) is 0 Å². The molecule has 3 atom stereocenters. The average molecular weight is 277 g/mol. The van der Waals surface area contributed by atoms with Gasteiger partial charge in [0.2, 0.25) is 0 Å². The number of halogens is 1. The van der Waals surface area contributed by atoms with Gasteiger partial charge in [0.1, 0.15) is 10.0 Å². The summed E-state index contributed by atoms with van der Waals surface area (Å²) in [6.07, 6.45) is 2.51. The van der Waals surface area contributed by atoms with E-state index in [1.54, 1.807) is 16.9 Å². The van der Waals surface area contributed by atoms with E-state index in [4.69, 9.17) is 11.6 Å². The molecule has 1 heterocycles. The number of hydrogen-bond donors (Lipinski definition) is 0. The van der Waals surface area contributed by atoms with Gasteiger partial charge in [-0.2, -0.15) is 0 Å². The summed E-state index contributed by atoms with van der Waals surface area (Å²) in [4.78, 5) is 0. The van der Waals surface area contributed by atoms with Crippen molar-refractivity contribution >= 4 is 22.9 Å². The zero-order valence-corrected chi connectivity index (χ0v) is 11.4. The lowest BCUT2D eigenvalue weighted by Crippen LogP contribution is -2.00. The molecule has 1 fully saturated rings. The SMILES string of the molecule is ClCc1nnc(C2C3CCc4ccccc4C32)s1. The van der Waals surface area contributed by atoms with Crippen molar-refractivity contribution in [3.8, 4) is 0 Å². The lowest BCUT2D eigenvalue weighted by Gasteiger charge is -2.13. The maximum Gasteiger partial charge on any atom is 0.132 e. The Bertz CT molecular complexity index is 595. The third-order valence-electron chi connectivity index (χ3n) is 4.21. The molecule has 0 saturated heterocycles. The molecular formula is C14H13ClN2S. The van der Waals surface area contributed by atoms with Crippen LogP contribution in [0.3, 0.4) is 0 Å². The fourth-order valence-corrected chi connectivity index (χ4v) is 4.49. The van der Waals surface area contributed by atoms with Gasteiger partial charge in [-0.05, 0) is 35.8 Å². The molecule has 0 N–H and O–H groups in total. The zero-order valence-electron chi connectivity index (χ0n) is 9.84. The van der Waals surface area contributed by atoms with Crippen LogP contribution in [0.15, 0.2) is 24.3 Å². The largest absolute Gasteiger partial charge is 0.143 e. The Morgan fingerprint density at radius 2 is 2.11 bits per heavy atom. The summed E-state index contributed by atoms with van der Waals surface area (Å²) in [5.41, 5.74) is 3.07. The van der Waals surface area contributed by atoms with E-state index in [0.717, 1.165) is 10.9 Å². The Morgan fingerprint density at radius 1 is 1.22 bits per heavy atom. The minimum atomic E-state index is 0.482. The second-order valence-corrected chi connectivity index (χ2v) is 6.48. The van der Waals surface area contributed by atoms with Crippen LogP contribution in [0, 0.1) is 5.92 Å². The van der Waals surface area contributed by atoms with Crippen LogP contribution in [0.25, 0.3) is 0 Å². The molecule has 0 spiro atoms. The van der Waals surface area contributed by atoms with Crippen molar-refractivity contribution in [1.29, 1.82) is 0 Å². The molecule has 2 nitrogen and oxygen atoms in total. The van der Waals surface area contributed by atoms with Crippen LogP contribution in [-0.4, -0.2) is 10.2 Å². The Kier molecular flexibility index (Phi) is 2.45. The van der Waals surface area contributed by atoms with Crippen molar-refractivity contribution in [3.05, 3.63) is 45.4 Å². The first-order valence-electron chi connectivity index (χ1n) is 6.34. The van der Waals surface area contributed by atoms with Gasteiger partial charge in [0.05, 0.1) is 5.88 Å². The Balaban J connectivity index is 1.68. The molecule has 92 valence electrons. The standard InChI is InChI=1S/C14H13ClN2S/c15-7-11-16-17-14(18-11)13-10-6-5-8-3-1-2-4-9(8)12(10)13/h1-4,10,12-13H,5-7H2. The van der Waals surface area contributed by atoms with E-state index in [0.29, 0.717) is 17.7 Å². The maximum absolute atomic E-state index is 5.81. The van der Waals surface area contributed by atoms with E-state index >= 15 is 0 Å². The Labute approximate surface area is 115 Å². The molecule has 1 aromatic carbocycles. The fraction of sp³-hybridized carbons (Fsp3) is 0.429. The minimum absolute atomic E-state index is 0.482. The molecule has 4 heteroatoms. The van der Waals surface area contributed by atoms with Crippen molar-refractivity contribution in [2.45, 2.75) is 30.6 Å². The van der Waals surface area contributed by atoms with Gasteiger partial charge in [0, 0.05) is 5.92 Å². The van der Waals surface area contributed by atoms with E-state index in [9.17, 15) is 0 Å². The molecule has 0 bridgehead atoms. The van der Waals surface area contributed by atoms with Gasteiger partial charge in [-0.15, -0.1) is 21.8 Å². The van der Waals surface area contributed by atoms with Gasteiger partial charge in [0.25, 0.3) is 0 Å². The highest BCUT2D eigenvalue weighted by Crippen LogP contribution is 2.65. The summed E-state index contributed by atoms with van der Waals surface area (Å²) in [5.74, 6) is 2.56. The summed E-state index contributed by atoms with van der Waals surface area (Å²) in [6, 6.07) is 8.86. The predicted molar refractivity (Wildman–Crippen MR) is 73.2 cm³/mol. The number of nitrogens with zero attached hydrogens (tertiary/aromatic N) is 2. The van der Waals surface area contributed by atoms with Gasteiger partial charge in [-0.3, -0.25) is 0 Å². The molecule has 0 amide bonds. The maximum atomic E-state index is 5.81. The molecule has 1 saturated carbocycles. The molecule has 2 aliphatic rings. The van der Waals surface area contributed by atoms with Crippen LogP contribution >= 0.6 is 22.9 Å². The van der Waals surface area contributed by atoms with E-state index in [1.807, 2.05) is 0 Å². The highest BCUT2D eigenvalue weighted by molar-refractivity contribution is 7.11. The first-order chi connectivity index (χ1) is 8.88. The van der Waals surface area contributed by atoms with Crippen molar-refractivity contribution in [2.24, 2.45) is 5.92 Å². The molecule has 0 aliphatic heterocycles. The van der Waals surface area contributed by atoms with Crippen LogP contribution in [0.5, 0.6) is 0 Å². The number of rotatable bonds is 2. The smallest absolute Gasteiger partial charge is 0.132 e. The molecule has 0 radical (unpaired) electrons. The van der Waals surface area contributed by atoms with Crippen LogP contribution < -0.4 is 0 Å². The molecule has 2 aromatic rings. The second kappa shape index (κ2) is 4.04. The monoisotopic (exact) mass is 276 g/mol. The van der Waals surface area contributed by atoms with Crippen molar-refractivity contribution < 1.29 is 0 Å². The summed E-state index contributed by atoms with van der Waals surface area (Å²) < 4.78 is 0. The third kappa shape index (κ3) is 1.54. The second-order valence-electron chi connectivity index (χ2n) is 5.12. The molecular weight excluding hydrogens is 264 g/mol. The number of hydrogen-bond acceptors (Lipinski definition) is 3. The fourth-order valence-electron chi connectivity index (χ4n) is 3.36. The predicted octanol–water partition coefficient (Wildman–Crippen LogP) is 3.72. The first kappa shape index (κ1) is 10.9. The van der Waals surface area contributed by atoms with E-state index in [2.05, 4.69) is 34.5 Å². The van der Waals surface area contributed by atoms with E-state index < -0.39 is 0 Å². The van der Waals surface area contributed by atoms with Gasteiger partial charge < -0.3 is 0 Å². The molecule has 2 aliphatic carbocycles. The zero-order chi connectivity index (χ0) is 12.1. The van der Waals surface area contributed by atoms with Crippen LogP contribution in [-0.2, 0) is 12.3 Å². The molecule has 18 heavy (non-hydrogen) atoms. The molecule has 1 aromatic heterocycles. The Hall–Kier alpha value is -0.930. The molecule has 3 unspecified atom stereocenters. The Morgan fingerprint density at radius 3 is 2.94 bits per heavy atom. The average Bonchev–Trinajstić information content (AvgIpc) is 2.98. The van der Waals surface area contributed by atoms with Gasteiger partial charge in [-0.1, -0.05) is 35.6 Å². The van der Waals surface area contributed by atoms with Gasteiger partial charge in [0.15, 0.2) is 0 Å². The van der Waals surface area contributed by atoms with Crippen molar-refractivity contribution in [3.63, 3.8) is 0 Å². The molecule has 4 rings (SSSR count). The normalized spacial score (nSPS) is 28.6. The minimum Gasteiger partial charge on any atom is -0.143 e. The third-order valence-corrected chi connectivity index (χ3v) is 5.65. The lowest BCUT2D eigenvalue weighted by molar-refractivity contribution is 0.658. The summed E-state index contributed by atoms with van der Waals surface area (Å²) in [6.45, 7) is 0.